The van der Waals surface area contributed by atoms with E-state index in [2.05, 4.69) is 77.6 Å². The number of hydrogen-bond donors (Lipinski definition) is 3. The predicted octanol–water partition coefficient (Wildman–Crippen LogP) is 6.58. The van der Waals surface area contributed by atoms with Crippen molar-refractivity contribution in [2.75, 3.05) is 43.4 Å². The molecule has 6 rings (SSSR count). The number of carboxylic acids is 1. The molecule has 0 radical (unpaired) electrons. The molecule has 2 aliphatic rings. The van der Waals surface area contributed by atoms with E-state index in [9.17, 15) is 15.0 Å². The summed E-state index contributed by atoms with van der Waals surface area (Å²) in [5.41, 5.74) is 7.46. The zero-order valence-electron chi connectivity index (χ0n) is 22.7. The number of piperazine rings is 1. The van der Waals surface area contributed by atoms with Crippen molar-refractivity contribution < 1.29 is 15.0 Å². The topological polar surface area (TPSA) is 76.0 Å². The molecule has 2 atom stereocenters. The number of hydrogen-bond acceptors (Lipinski definition) is 6. The van der Waals surface area contributed by atoms with E-state index in [1.165, 1.54) is 11.3 Å². The first kappa shape index (κ1) is 26.4. The molecule has 6 nitrogen and oxygen atoms in total. The second kappa shape index (κ2) is 11.0. The number of rotatable bonds is 6. The standard InChI is InChI=1S/C33H33N3O3S/c1-21(22-11-13-23(14-12-22)36-19-17-35(2)18-20-36)24-15-16-29-31(34-27-9-5-6-10-28(27)40-29)30(24)25-7-3-4-8-26(25)32(37)33(38)39/h3-16,21,32,34,37H,17-20H2,1-2H3,(H,38,39). The number of nitrogens with zero attached hydrogens (tertiary/aromatic N) is 2. The van der Waals surface area contributed by atoms with Gasteiger partial charge in [-0.2, -0.15) is 0 Å². The molecule has 4 aromatic carbocycles. The number of carboxylic acid groups (broad SMARTS) is 1. The molecular weight excluding hydrogens is 518 g/mol. The van der Waals surface area contributed by atoms with Crippen LogP contribution in [0.25, 0.3) is 11.1 Å². The third-order valence-corrected chi connectivity index (χ3v) is 9.19. The van der Waals surface area contributed by atoms with Gasteiger partial charge in [-0.05, 0) is 59.6 Å². The Labute approximate surface area is 239 Å². The molecule has 4 aromatic rings. The van der Waals surface area contributed by atoms with E-state index in [1.54, 1.807) is 23.9 Å². The molecule has 2 unspecified atom stereocenters. The molecule has 0 amide bonds. The number of para-hydroxylation sites is 1. The zero-order chi connectivity index (χ0) is 27.8. The Morgan fingerprint density at radius 1 is 0.850 bits per heavy atom. The minimum atomic E-state index is -1.62. The first-order chi connectivity index (χ1) is 19.4. The normalized spacial score (nSPS) is 16.4. The summed E-state index contributed by atoms with van der Waals surface area (Å²) >= 11 is 1.70. The molecule has 7 heteroatoms. The van der Waals surface area contributed by atoms with E-state index < -0.39 is 12.1 Å². The highest BCUT2D eigenvalue weighted by Crippen LogP contribution is 2.51. The lowest BCUT2D eigenvalue weighted by atomic mass is 9.84. The van der Waals surface area contributed by atoms with Gasteiger partial charge in [-0.25, -0.2) is 4.79 Å². The summed E-state index contributed by atoms with van der Waals surface area (Å²) in [6.45, 7) is 6.36. The van der Waals surface area contributed by atoms with Crippen LogP contribution in [-0.4, -0.2) is 54.3 Å². The number of likely N-dealkylation sites (N-methyl/N-ethyl adjacent to an activating group) is 1. The average molecular weight is 552 g/mol. The van der Waals surface area contributed by atoms with Gasteiger partial charge in [-0.1, -0.05) is 73.3 Å². The monoisotopic (exact) mass is 551 g/mol. The molecule has 0 bridgehead atoms. The van der Waals surface area contributed by atoms with E-state index >= 15 is 0 Å². The maximum atomic E-state index is 11.9. The lowest BCUT2D eigenvalue weighted by molar-refractivity contribution is -0.146. The average Bonchev–Trinajstić information content (AvgIpc) is 2.99. The molecule has 2 aliphatic heterocycles. The van der Waals surface area contributed by atoms with Crippen LogP contribution < -0.4 is 10.2 Å². The van der Waals surface area contributed by atoms with E-state index in [4.69, 9.17) is 0 Å². The molecular formula is C33H33N3O3S. The van der Waals surface area contributed by atoms with Gasteiger partial charge in [0.05, 0.1) is 11.4 Å². The summed E-state index contributed by atoms with van der Waals surface area (Å²) in [5.74, 6) is -1.24. The number of aliphatic carboxylic acids is 1. The molecule has 204 valence electrons. The number of benzene rings is 4. The fourth-order valence-corrected chi connectivity index (χ4v) is 6.69. The first-order valence-corrected chi connectivity index (χ1v) is 14.5. The number of aliphatic hydroxyl groups excluding tert-OH is 1. The van der Waals surface area contributed by atoms with Crippen LogP contribution in [0, 0.1) is 0 Å². The molecule has 0 aliphatic carbocycles. The Hall–Kier alpha value is -3.78. The van der Waals surface area contributed by atoms with Gasteiger partial charge < -0.3 is 25.3 Å². The van der Waals surface area contributed by atoms with Gasteiger partial charge in [0.15, 0.2) is 6.10 Å². The highest BCUT2D eigenvalue weighted by molar-refractivity contribution is 7.99. The van der Waals surface area contributed by atoms with Crippen molar-refractivity contribution in [1.82, 2.24) is 4.90 Å². The summed E-state index contributed by atoms with van der Waals surface area (Å²) in [5, 5.41) is 24.0. The van der Waals surface area contributed by atoms with Crippen LogP contribution in [0.3, 0.4) is 0 Å². The second-order valence-electron chi connectivity index (χ2n) is 10.6. The molecule has 0 aromatic heterocycles. The highest BCUT2D eigenvalue weighted by Gasteiger charge is 2.28. The zero-order valence-corrected chi connectivity index (χ0v) is 23.5. The van der Waals surface area contributed by atoms with Crippen LogP contribution in [0.15, 0.2) is 94.7 Å². The lowest BCUT2D eigenvalue weighted by Gasteiger charge is -2.34. The van der Waals surface area contributed by atoms with Gasteiger partial charge in [0.2, 0.25) is 0 Å². The van der Waals surface area contributed by atoms with Gasteiger partial charge in [0.25, 0.3) is 0 Å². The fraction of sp³-hybridized carbons (Fsp3) is 0.242. The van der Waals surface area contributed by atoms with Crippen LogP contribution in [0.2, 0.25) is 0 Å². The predicted molar refractivity (Wildman–Crippen MR) is 162 cm³/mol. The molecule has 0 saturated carbocycles. The van der Waals surface area contributed by atoms with Crippen LogP contribution >= 0.6 is 11.8 Å². The number of aliphatic hydroxyl groups is 1. The van der Waals surface area contributed by atoms with Crippen molar-refractivity contribution >= 4 is 34.8 Å². The van der Waals surface area contributed by atoms with Crippen LogP contribution in [0.4, 0.5) is 17.1 Å². The van der Waals surface area contributed by atoms with Crippen LogP contribution in [-0.2, 0) is 4.79 Å². The summed E-state index contributed by atoms with van der Waals surface area (Å²) < 4.78 is 0. The van der Waals surface area contributed by atoms with Crippen LogP contribution in [0.1, 0.15) is 35.6 Å². The number of carbonyl (C=O) groups is 1. The molecule has 1 fully saturated rings. The van der Waals surface area contributed by atoms with Crippen molar-refractivity contribution in [1.29, 1.82) is 0 Å². The molecule has 1 saturated heterocycles. The summed E-state index contributed by atoms with van der Waals surface area (Å²) in [6.07, 6.45) is -1.62. The number of nitrogens with one attached hydrogen (secondary N) is 1. The Kier molecular flexibility index (Phi) is 7.27. The van der Waals surface area contributed by atoms with Crippen molar-refractivity contribution in [3.8, 4) is 11.1 Å². The summed E-state index contributed by atoms with van der Waals surface area (Å²) in [6, 6.07) is 28.6. The van der Waals surface area contributed by atoms with E-state index in [-0.39, 0.29) is 5.92 Å². The SMILES string of the molecule is CC(c1ccc(N2CCN(C)CC2)cc1)c1ccc2c(c1-c1ccccc1C(O)C(=O)O)Nc1ccccc1S2. The van der Waals surface area contributed by atoms with Crippen LogP contribution in [0.5, 0.6) is 0 Å². The third kappa shape index (κ3) is 4.96. The van der Waals surface area contributed by atoms with E-state index in [0.717, 1.165) is 64.0 Å². The molecule has 3 N–H and O–H groups in total. The molecule has 0 spiro atoms. The Bertz CT molecular complexity index is 1550. The largest absolute Gasteiger partial charge is 0.479 e. The Morgan fingerprint density at radius 2 is 1.55 bits per heavy atom. The van der Waals surface area contributed by atoms with Crippen molar-refractivity contribution in [2.45, 2.75) is 28.7 Å². The fourth-order valence-electron chi connectivity index (χ4n) is 5.69. The van der Waals surface area contributed by atoms with Crippen molar-refractivity contribution in [3.05, 3.63) is 102 Å². The van der Waals surface area contributed by atoms with Gasteiger partial charge in [-0.15, -0.1) is 0 Å². The third-order valence-electron chi connectivity index (χ3n) is 8.05. The second-order valence-corrected chi connectivity index (χ2v) is 11.6. The van der Waals surface area contributed by atoms with Crippen molar-refractivity contribution in [2.24, 2.45) is 0 Å². The number of anilines is 3. The smallest absolute Gasteiger partial charge is 0.337 e. The maximum absolute atomic E-state index is 11.9. The minimum absolute atomic E-state index is 0.0286. The maximum Gasteiger partial charge on any atom is 0.337 e. The summed E-state index contributed by atoms with van der Waals surface area (Å²) in [7, 11) is 2.16. The van der Waals surface area contributed by atoms with Crippen molar-refractivity contribution in [3.63, 3.8) is 0 Å². The van der Waals surface area contributed by atoms with E-state index in [1.807, 2.05) is 24.3 Å². The Morgan fingerprint density at radius 3 is 2.30 bits per heavy atom. The molecule has 40 heavy (non-hydrogen) atoms. The highest BCUT2D eigenvalue weighted by atomic mass is 32.2. The number of fused-ring (bicyclic) bond motifs is 2. The van der Waals surface area contributed by atoms with Gasteiger partial charge >= 0.3 is 5.97 Å². The first-order valence-electron chi connectivity index (χ1n) is 13.6. The van der Waals surface area contributed by atoms with Gasteiger partial charge in [0.1, 0.15) is 0 Å². The molecule has 2 heterocycles. The quantitative estimate of drug-likeness (QED) is 0.220. The minimum Gasteiger partial charge on any atom is -0.479 e. The van der Waals surface area contributed by atoms with Gasteiger partial charge in [0, 0.05) is 53.1 Å². The van der Waals surface area contributed by atoms with Gasteiger partial charge in [-0.3, -0.25) is 0 Å². The summed E-state index contributed by atoms with van der Waals surface area (Å²) in [4.78, 5) is 18.9. The lowest BCUT2D eigenvalue weighted by Crippen LogP contribution is -2.44. The van der Waals surface area contributed by atoms with E-state index in [0.29, 0.717) is 5.56 Å². The Balaban J connectivity index is 1.45.